The zero-order valence-electron chi connectivity index (χ0n) is 12.9. The molecule has 0 aliphatic heterocycles. The lowest BCUT2D eigenvalue weighted by Gasteiger charge is -2.07. The summed E-state index contributed by atoms with van der Waals surface area (Å²) in [5.41, 5.74) is 2.58. The zero-order chi connectivity index (χ0) is 15.7. The first-order chi connectivity index (χ1) is 9.99. The molecule has 0 saturated heterocycles. The molecule has 21 heavy (non-hydrogen) atoms. The number of hydrogen-bond donors (Lipinski definition) is 2. The van der Waals surface area contributed by atoms with Crippen LogP contribution in [0.5, 0.6) is 0 Å². The molecule has 1 aromatic rings. The van der Waals surface area contributed by atoms with Gasteiger partial charge in [-0.25, -0.2) is 0 Å². The standard InChI is InChI=1S/C17H25NO3/c1-13(2)15-10-8-14(9-11-15)5-3-6-16(19)18-12-4-7-17(20)21/h8-11,13H,3-7,12H2,1-2H3,(H,18,19)(H,20,21). The Kier molecular flexibility index (Phi) is 7.51. The molecule has 0 saturated carbocycles. The molecule has 1 rings (SSSR count). The van der Waals surface area contributed by atoms with Gasteiger partial charge in [0.2, 0.25) is 5.91 Å². The maximum atomic E-state index is 11.6. The van der Waals surface area contributed by atoms with Crippen LogP contribution in [0.2, 0.25) is 0 Å². The summed E-state index contributed by atoms with van der Waals surface area (Å²) in [6.07, 6.45) is 2.77. The first-order valence-corrected chi connectivity index (χ1v) is 7.56. The number of carboxylic acids is 1. The summed E-state index contributed by atoms with van der Waals surface area (Å²) in [6, 6.07) is 8.54. The number of carbonyl (C=O) groups is 2. The van der Waals surface area contributed by atoms with Crippen molar-refractivity contribution in [3.05, 3.63) is 35.4 Å². The normalized spacial score (nSPS) is 10.6. The molecule has 0 atom stereocenters. The summed E-state index contributed by atoms with van der Waals surface area (Å²) in [4.78, 5) is 21.9. The largest absolute Gasteiger partial charge is 0.481 e. The van der Waals surface area contributed by atoms with Gasteiger partial charge in [-0.3, -0.25) is 9.59 Å². The van der Waals surface area contributed by atoms with Crippen molar-refractivity contribution < 1.29 is 14.7 Å². The van der Waals surface area contributed by atoms with E-state index in [9.17, 15) is 9.59 Å². The van der Waals surface area contributed by atoms with Crippen LogP contribution >= 0.6 is 0 Å². The molecule has 0 spiro atoms. The minimum Gasteiger partial charge on any atom is -0.481 e. The second kappa shape index (κ2) is 9.16. The molecule has 4 nitrogen and oxygen atoms in total. The van der Waals surface area contributed by atoms with Gasteiger partial charge >= 0.3 is 5.97 Å². The first-order valence-electron chi connectivity index (χ1n) is 7.56. The first kappa shape index (κ1) is 17.2. The Balaban J connectivity index is 2.17. The fourth-order valence-corrected chi connectivity index (χ4v) is 2.08. The highest BCUT2D eigenvalue weighted by Gasteiger charge is 2.03. The van der Waals surface area contributed by atoms with E-state index in [1.165, 1.54) is 11.1 Å². The fraction of sp³-hybridized carbons (Fsp3) is 0.529. The number of nitrogens with one attached hydrogen (secondary N) is 1. The summed E-state index contributed by atoms with van der Waals surface area (Å²) >= 11 is 0. The van der Waals surface area contributed by atoms with Crippen LogP contribution in [0, 0.1) is 0 Å². The van der Waals surface area contributed by atoms with Gasteiger partial charge in [0, 0.05) is 19.4 Å². The number of carboxylic acid groups (broad SMARTS) is 1. The van der Waals surface area contributed by atoms with Crippen molar-refractivity contribution in [1.29, 1.82) is 0 Å². The summed E-state index contributed by atoms with van der Waals surface area (Å²) in [5.74, 6) is -0.288. The molecule has 4 heteroatoms. The van der Waals surface area contributed by atoms with Crippen LogP contribution < -0.4 is 5.32 Å². The topological polar surface area (TPSA) is 66.4 Å². The van der Waals surface area contributed by atoms with Crippen LogP contribution in [-0.2, 0) is 16.0 Å². The van der Waals surface area contributed by atoms with Gasteiger partial charge < -0.3 is 10.4 Å². The Labute approximate surface area is 126 Å². The minimum absolute atomic E-state index is 0.000751. The molecule has 0 fully saturated rings. The number of rotatable bonds is 9. The van der Waals surface area contributed by atoms with Crippen LogP contribution in [0.15, 0.2) is 24.3 Å². The zero-order valence-corrected chi connectivity index (χ0v) is 12.9. The van der Waals surface area contributed by atoms with Crippen molar-refractivity contribution >= 4 is 11.9 Å². The van der Waals surface area contributed by atoms with Gasteiger partial charge in [0.1, 0.15) is 0 Å². The monoisotopic (exact) mass is 291 g/mol. The molecular formula is C17H25NO3. The molecule has 0 radical (unpaired) electrons. The molecule has 2 N–H and O–H groups in total. The van der Waals surface area contributed by atoms with Gasteiger partial charge in [0.15, 0.2) is 0 Å². The molecule has 0 heterocycles. The molecular weight excluding hydrogens is 266 g/mol. The second-order valence-corrected chi connectivity index (χ2v) is 5.60. The van der Waals surface area contributed by atoms with Crippen LogP contribution in [0.3, 0.4) is 0 Å². The average molecular weight is 291 g/mol. The Morgan fingerprint density at radius 3 is 2.33 bits per heavy atom. The lowest BCUT2D eigenvalue weighted by atomic mass is 10.00. The van der Waals surface area contributed by atoms with Gasteiger partial charge in [0.25, 0.3) is 0 Å². The summed E-state index contributed by atoms with van der Waals surface area (Å²) in [5, 5.41) is 11.2. The molecule has 0 aliphatic carbocycles. The highest BCUT2D eigenvalue weighted by Crippen LogP contribution is 2.15. The molecule has 0 bridgehead atoms. The van der Waals surface area contributed by atoms with E-state index in [2.05, 4.69) is 43.4 Å². The smallest absolute Gasteiger partial charge is 0.303 e. The maximum absolute atomic E-state index is 11.6. The SMILES string of the molecule is CC(C)c1ccc(CCCC(=O)NCCCC(=O)O)cc1. The van der Waals surface area contributed by atoms with Crippen LogP contribution in [0.25, 0.3) is 0 Å². The third-order valence-electron chi connectivity index (χ3n) is 3.41. The number of amides is 1. The number of benzene rings is 1. The highest BCUT2D eigenvalue weighted by molar-refractivity contribution is 5.75. The highest BCUT2D eigenvalue weighted by atomic mass is 16.4. The number of carbonyl (C=O) groups excluding carboxylic acids is 1. The summed E-state index contributed by atoms with van der Waals surface area (Å²) in [7, 11) is 0. The molecule has 1 amide bonds. The van der Waals surface area contributed by atoms with E-state index >= 15 is 0 Å². The van der Waals surface area contributed by atoms with E-state index in [0.29, 0.717) is 25.3 Å². The minimum atomic E-state index is -0.825. The van der Waals surface area contributed by atoms with E-state index in [0.717, 1.165) is 12.8 Å². The molecule has 0 aromatic heterocycles. The summed E-state index contributed by atoms with van der Waals surface area (Å²) in [6.45, 7) is 4.78. The van der Waals surface area contributed by atoms with Crippen molar-refractivity contribution in [3.8, 4) is 0 Å². The van der Waals surface area contributed by atoms with Crippen molar-refractivity contribution in [1.82, 2.24) is 5.32 Å². The Morgan fingerprint density at radius 2 is 1.76 bits per heavy atom. The Morgan fingerprint density at radius 1 is 1.10 bits per heavy atom. The van der Waals surface area contributed by atoms with Crippen molar-refractivity contribution in [2.45, 2.75) is 51.9 Å². The summed E-state index contributed by atoms with van der Waals surface area (Å²) < 4.78 is 0. The van der Waals surface area contributed by atoms with Gasteiger partial charge in [-0.1, -0.05) is 38.1 Å². The van der Waals surface area contributed by atoms with Crippen LogP contribution in [-0.4, -0.2) is 23.5 Å². The van der Waals surface area contributed by atoms with Gasteiger partial charge in [-0.05, 0) is 36.3 Å². The average Bonchev–Trinajstić information content (AvgIpc) is 2.44. The van der Waals surface area contributed by atoms with Crippen molar-refractivity contribution in [3.63, 3.8) is 0 Å². The lowest BCUT2D eigenvalue weighted by molar-refractivity contribution is -0.137. The molecule has 0 unspecified atom stereocenters. The number of aryl methyl sites for hydroxylation is 1. The number of hydrogen-bond acceptors (Lipinski definition) is 2. The van der Waals surface area contributed by atoms with E-state index in [4.69, 9.17) is 5.11 Å². The predicted molar refractivity (Wildman–Crippen MR) is 83.3 cm³/mol. The van der Waals surface area contributed by atoms with Crippen LogP contribution in [0.1, 0.15) is 56.6 Å². The number of aliphatic carboxylic acids is 1. The second-order valence-electron chi connectivity index (χ2n) is 5.60. The molecule has 0 aliphatic rings. The van der Waals surface area contributed by atoms with E-state index in [-0.39, 0.29) is 12.3 Å². The van der Waals surface area contributed by atoms with Crippen molar-refractivity contribution in [2.75, 3.05) is 6.54 Å². The van der Waals surface area contributed by atoms with Gasteiger partial charge in [0.05, 0.1) is 0 Å². The maximum Gasteiger partial charge on any atom is 0.303 e. The van der Waals surface area contributed by atoms with E-state index in [1.807, 2.05) is 0 Å². The predicted octanol–water partition coefficient (Wildman–Crippen LogP) is 3.11. The van der Waals surface area contributed by atoms with E-state index < -0.39 is 5.97 Å². The third-order valence-corrected chi connectivity index (χ3v) is 3.41. The van der Waals surface area contributed by atoms with Gasteiger partial charge in [-0.2, -0.15) is 0 Å². The van der Waals surface area contributed by atoms with Crippen molar-refractivity contribution in [2.24, 2.45) is 0 Å². The lowest BCUT2D eigenvalue weighted by Crippen LogP contribution is -2.24. The quantitative estimate of drug-likeness (QED) is 0.687. The third kappa shape index (κ3) is 7.49. The fourth-order valence-electron chi connectivity index (χ4n) is 2.08. The van der Waals surface area contributed by atoms with Gasteiger partial charge in [-0.15, -0.1) is 0 Å². The molecule has 1 aromatic carbocycles. The molecule has 116 valence electrons. The Hall–Kier alpha value is -1.84. The Bertz CT molecular complexity index is 452. The van der Waals surface area contributed by atoms with E-state index in [1.54, 1.807) is 0 Å². The van der Waals surface area contributed by atoms with Crippen LogP contribution in [0.4, 0.5) is 0 Å².